The third-order valence-electron chi connectivity index (χ3n) is 3.47. The number of nitro groups is 1. The van der Waals surface area contributed by atoms with Gasteiger partial charge in [0, 0.05) is 18.7 Å². The van der Waals surface area contributed by atoms with Crippen molar-refractivity contribution in [3.63, 3.8) is 0 Å². The van der Waals surface area contributed by atoms with Crippen LogP contribution >= 0.6 is 0 Å². The SMILES string of the molecule is Cc1ccccc1CCNC(=O)Cn1cc([N+](=O)[O-])ccc1=O. The van der Waals surface area contributed by atoms with Gasteiger partial charge >= 0.3 is 0 Å². The fourth-order valence-corrected chi connectivity index (χ4v) is 2.19. The van der Waals surface area contributed by atoms with Gasteiger partial charge in [0.15, 0.2) is 0 Å². The number of aryl methyl sites for hydroxylation is 1. The van der Waals surface area contributed by atoms with Gasteiger partial charge in [0.1, 0.15) is 6.54 Å². The normalized spacial score (nSPS) is 10.3. The summed E-state index contributed by atoms with van der Waals surface area (Å²) in [6.45, 7) is 2.20. The van der Waals surface area contributed by atoms with E-state index < -0.39 is 10.5 Å². The molecule has 0 unspecified atom stereocenters. The van der Waals surface area contributed by atoms with Crippen LogP contribution in [0.15, 0.2) is 47.4 Å². The Kier molecular flexibility index (Phi) is 5.24. The molecule has 23 heavy (non-hydrogen) atoms. The molecule has 1 heterocycles. The summed E-state index contributed by atoms with van der Waals surface area (Å²) in [6, 6.07) is 10.1. The number of hydrogen-bond donors (Lipinski definition) is 1. The first-order valence-corrected chi connectivity index (χ1v) is 7.13. The highest BCUT2D eigenvalue weighted by Crippen LogP contribution is 2.07. The molecule has 0 spiro atoms. The Balaban J connectivity index is 1.93. The van der Waals surface area contributed by atoms with E-state index in [1.165, 1.54) is 0 Å². The Morgan fingerprint density at radius 2 is 2.00 bits per heavy atom. The lowest BCUT2D eigenvalue weighted by atomic mass is 10.1. The van der Waals surface area contributed by atoms with E-state index in [0.29, 0.717) is 13.0 Å². The first kappa shape index (κ1) is 16.4. The molecule has 7 heteroatoms. The monoisotopic (exact) mass is 315 g/mol. The minimum Gasteiger partial charge on any atom is -0.354 e. The van der Waals surface area contributed by atoms with E-state index in [1.54, 1.807) is 0 Å². The largest absolute Gasteiger partial charge is 0.354 e. The van der Waals surface area contributed by atoms with E-state index in [2.05, 4.69) is 5.32 Å². The van der Waals surface area contributed by atoms with Crippen LogP contribution < -0.4 is 10.9 Å². The van der Waals surface area contributed by atoms with Gasteiger partial charge < -0.3 is 5.32 Å². The van der Waals surface area contributed by atoms with Gasteiger partial charge in [-0.3, -0.25) is 24.3 Å². The van der Waals surface area contributed by atoms with E-state index >= 15 is 0 Å². The minimum absolute atomic E-state index is 0.225. The minimum atomic E-state index is -0.605. The topological polar surface area (TPSA) is 94.2 Å². The highest BCUT2D eigenvalue weighted by molar-refractivity contribution is 5.75. The first-order valence-electron chi connectivity index (χ1n) is 7.13. The zero-order valence-electron chi connectivity index (χ0n) is 12.7. The van der Waals surface area contributed by atoms with E-state index in [4.69, 9.17) is 0 Å². The fraction of sp³-hybridized carbons (Fsp3) is 0.250. The number of hydrogen-bond acceptors (Lipinski definition) is 4. The van der Waals surface area contributed by atoms with Gasteiger partial charge in [-0.15, -0.1) is 0 Å². The van der Waals surface area contributed by atoms with E-state index in [9.17, 15) is 19.7 Å². The van der Waals surface area contributed by atoms with Gasteiger partial charge in [-0.2, -0.15) is 0 Å². The molecular weight excluding hydrogens is 298 g/mol. The average Bonchev–Trinajstić information content (AvgIpc) is 2.51. The van der Waals surface area contributed by atoms with Crippen molar-refractivity contribution in [2.75, 3.05) is 6.54 Å². The molecule has 0 aliphatic heterocycles. The number of carbonyl (C=O) groups excluding carboxylic acids is 1. The molecular formula is C16H17N3O4. The van der Waals surface area contributed by atoms with Crippen molar-refractivity contribution < 1.29 is 9.72 Å². The maximum Gasteiger partial charge on any atom is 0.285 e. The molecule has 1 N–H and O–H groups in total. The molecule has 0 radical (unpaired) electrons. The standard InChI is InChI=1S/C16H17N3O4/c1-12-4-2-3-5-13(12)8-9-17-15(20)11-18-10-14(19(22)23)6-7-16(18)21/h2-7,10H,8-9,11H2,1H3,(H,17,20). The van der Waals surface area contributed by atoms with Gasteiger partial charge in [-0.05, 0) is 24.5 Å². The molecule has 1 aromatic heterocycles. The predicted octanol–water partition coefficient (Wildman–Crippen LogP) is 1.42. The molecule has 7 nitrogen and oxygen atoms in total. The Labute approximate surface area is 132 Å². The van der Waals surface area contributed by atoms with Gasteiger partial charge in [0.25, 0.3) is 11.2 Å². The number of pyridine rings is 1. The van der Waals surface area contributed by atoms with Crippen LogP contribution in [0.4, 0.5) is 5.69 Å². The van der Waals surface area contributed by atoms with Gasteiger partial charge in [-0.1, -0.05) is 24.3 Å². The third kappa shape index (κ3) is 4.50. The lowest BCUT2D eigenvalue weighted by Gasteiger charge is -2.08. The molecule has 1 aromatic carbocycles. The molecule has 0 aliphatic rings. The van der Waals surface area contributed by atoms with E-state index in [0.717, 1.165) is 34.0 Å². The number of amides is 1. The molecule has 2 aromatic rings. The first-order chi connectivity index (χ1) is 11.0. The second-order valence-corrected chi connectivity index (χ2v) is 5.14. The predicted molar refractivity (Wildman–Crippen MR) is 85.2 cm³/mol. The fourth-order valence-electron chi connectivity index (χ4n) is 2.19. The summed E-state index contributed by atoms with van der Waals surface area (Å²) in [5.41, 5.74) is 1.61. The van der Waals surface area contributed by atoms with Gasteiger partial charge in [-0.25, -0.2) is 0 Å². The Morgan fingerprint density at radius 1 is 1.26 bits per heavy atom. The van der Waals surface area contributed by atoms with Crippen LogP contribution in [0, 0.1) is 17.0 Å². The van der Waals surface area contributed by atoms with Crippen molar-refractivity contribution in [3.05, 3.63) is 74.2 Å². The number of rotatable bonds is 6. The number of nitrogens with zero attached hydrogens (tertiary/aromatic N) is 2. The van der Waals surface area contributed by atoms with Crippen LogP contribution in [0.3, 0.4) is 0 Å². The average molecular weight is 315 g/mol. The Bertz CT molecular complexity index is 783. The van der Waals surface area contributed by atoms with Crippen LogP contribution in [0.5, 0.6) is 0 Å². The second-order valence-electron chi connectivity index (χ2n) is 5.14. The maximum absolute atomic E-state index is 11.9. The van der Waals surface area contributed by atoms with Crippen molar-refractivity contribution in [1.29, 1.82) is 0 Å². The lowest BCUT2D eigenvalue weighted by molar-refractivity contribution is -0.385. The molecule has 0 atom stereocenters. The van der Waals surface area contributed by atoms with Crippen LogP contribution in [0.1, 0.15) is 11.1 Å². The maximum atomic E-state index is 11.9. The second kappa shape index (κ2) is 7.35. The Hall–Kier alpha value is -2.96. The van der Waals surface area contributed by atoms with Crippen molar-refractivity contribution in [2.24, 2.45) is 0 Å². The van der Waals surface area contributed by atoms with Crippen LogP contribution in [-0.2, 0) is 17.8 Å². The van der Waals surface area contributed by atoms with Crippen LogP contribution in [-0.4, -0.2) is 21.9 Å². The highest BCUT2D eigenvalue weighted by Gasteiger charge is 2.10. The highest BCUT2D eigenvalue weighted by atomic mass is 16.6. The molecule has 1 amide bonds. The van der Waals surface area contributed by atoms with Crippen molar-refractivity contribution in [1.82, 2.24) is 9.88 Å². The summed E-state index contributed by atoms with van der Waals surface area (Å²) in [7, 11) is 0. The molecule has 0 aliphatic carbocycles. The smallest absolute Gasteiger partial charge is 0.285 e. The molecule has 0 bridgehead atoms. The lowest BCUT2D eigenvalue weighted by Crippen LogP contribution is -2.33. The van der Waals surface area contributed by atoms with Crippen LogP contribution in [0.2, 0.25) is 0 Å². The zero-order valence-corrected chi connectivity index (χ0v) is 12.7. The summed E-state index contributed by atoms with van der Waals surface area (Å²) >= 11 is 0. The molecule has 0 saturated carbocycles. The van der Waals surface area contributed by atoms with Crippen molar-refractivity contribution in [3.8, 4) is 0 Å². The number of carbonyl (C=O) groups is 1. The molecule has 2 rings (SSSR count). The summed E-state index contributed by atoms with van der Waals surface area (Å²) in [4.78, 5) is 33.6. The van der Waals surface area contributed by atoms with Crippen molar-refractivity contribution >= 4 is 11.6 Å². The summed E-state index contributed by atoms with van der Waals surface area (Å²) in [5.74, 6) is -0.360. The third-order valence-corrected chi connectivity index (χ3v) is 3.47. The van der Waals surface area contributed by atoms with E-state index in [1.807, 2.05) is 31.2 Å². The van der Waals surface area contributed by atoms with E-state index in [-0.39, 0.29) is 18.1 Å². The number of nitrogens with one attached hydrogen (secondary N) is 1. The van der Waals surface area contributed by atoms with Gasteiger partial charge in [0.05, 0.1) is 11.1 Å². The van der Waals surface area contributed by atoms with Gasteiger partial charge in [0.2, 0.25) is 5.91 Å². The van der Waals surface area contributed by atoms with Crippen LogP contribution in [0.25, 0.3) is 0 Å². The molecule has 0 fully saturated rings. The summed E-state index contributed by atoms with van der Waals surface area (Å²) < 4.78 is 1.03. The molecule has 0 saturated heterocycles. The molecule has 120 valence electrons. The quantitative estimate of drug-likeness (QED) is 0.644. The number of benzene rings is 1. The number of aromatic nitrogens is 1. The zero-order chi connectivity index (χ0) is 16.8. The summed E-state index contributed by atoms with van der Waals surface area (Å²) in [5, 5.41) is 13.4. The van der Waals surface area contributed by atoms with Crippen molar-refractivity contribution in [2.45, 2.75) is 19.9 Å². The summed E-state index contributed by atoms with van der Waals surface area (Å²) in [6.07, 6.45) is 1.76. The Morgan fingerprint density at radius 3 is 2.70 bits per heavy atom.